The zero-order valence-corrected chi connectivity index (χ0v) is 13.2. The van der Waals surface area contributed by atoms with E-state index >= 15 is 0 Å². The summed E-state index contributed by atoms with van der Waals surface area (Å²) in [7, 11) is 0. The summed E-state index contributed by atoms with van der Waals surface area (Å²) in [6, 6.07) is 0. The Morgan fingerprint density at radius 1 is 1.43 bits per heavy atom. The van der Waals surface area contributed by atoms with Gasteiger partial charge in [0.05, 0.1) is 0 Å². The Morgan fingerprint density at radius 2 is 1.93 bits per heavy atom. The molecular weight excluding hydrogens is 317 g/mol. The third kappa shape index (κ3) is 37.9. The molecule has 0 fully saturated rings. The first kappa shape index (κ1) is 20.6. The number of nitrogens with one attached hydrogen (secondary N) is 1. The summed E-state index contributed by atoms with van der Waals surface area (Å²) in [4.78, 5) is 0. The molecule has 0 aliphatic rings. The number of thiol groups is 2. The normalized spacial score (nSPS) is 7.93. The Hall–Kier alpha value is 1.19. The fraction of sp³-hybridized carbons (Fsp3) is 0.750. The molecule has 0 aromatic heterocycles. The second kappa shape index (κ2) is 19.7. The van der Waals surface area contributed by atoms with E-state index < -0.39 is 6.20 Å². The van der Waals surface area contributed by atoms with E-state index in [9.17, 15) is 4.57 Å². The van der Waals surface area contributed by atoms with Crippen molar-refractivity contribution in [1.29, 1.82) is 0 Å². The van der Waals surface area contributed by atoms with Crippen molar-refractivity contribution in [2.24, 2.45) is 0 Å². The average Bonchev–Trinajstić information content (AvgIpc) is 2.03. The first-order valence-electron chi connectivity index (χ1n) is 4.31. The molecule has 0 atom stereocenters. The summed E-state index contributed by atoms with van der Waals surface area (Å²) in [6.45, 7) is 7.92. The molecule has 0 spiro atoms. The van der Waals surface area contributed by atoms with E-state index in [1.807, 2.05) is 6.08 Å². The van der Waals surface area contributed by atoms with Gasteiger partial charge in [0.1, 0.15) is 24.5 Å². The van der Waals surface area contributed by atoms with Gasteiger partial charge in [0.2, 0.25) is 0 Å². The molecule has 0 heterocycles. The fourth-order valence-corrected chi connectivity index (χ4v) is 0.704. The van der Waals surface area contributed by atoms with Gasteiger partial charge in [-0.1, -0.05) is 25.8 Å². The van der Waals surface area contributed by atoms with Gasteiger partial charge >= 0.3 is 6.20 Å². The molecule has 0 amide bonds. The minimum atomic E-state index is -1.48. The number of hydrogen-bond acceptors (Lipinski definition) is 2. The van der Waals surface area contributed by atoms with Crippen LogP contribution >= 0.6 is 30.7 Å². The number of unbranched alkanes of at least 4 members (excludes halogenated alkanes) is 2. The molecule has 1 N–H and O–H groups in total. The molecule has 84 valence electrons. The van der Waals surface area contributed by atoms with E-state index in [0.29, 0.717) is 0 Å². The van der Waals surface area contributed by atoms with Gasteiger partial charge in [0.25, 0.3) is 0 Å². The van der Waals surface area contributed by atoms with Crippen molar-refractivity contribution in [3.8, 4) is 0 Å². The van der Waals surface area contributed by atoms with Gasteiger partial charge in [-0.2, -0.15) is 0 Å². The maximum absolute atomic E-state index is 9.32. The number of hydrogen-bond donors (Lipinski definition) is 3. The van der Waals surface area contributed by atoms with Crippen molar-refractivity contribution < 1.29 is 25.6 Å². The van der Waals surface area contributed by atoms with Crippen LogP contribution in [0.1, 0.15) is 26.2 Å². The van der Waals surface area contributed by atoms with Crippen LogP contribution in [0.25, 0.3) is 0 Å². The Kier molecular flexibility index (Phi) is 29.0. The zero-order chi connectivity index (χ0) is 10.5. The zero-order valence-electron chi connectivity index (χ0n) is 8.48. The molecule has 2 nitrogen and oxygen atoms in total. The molecule has 0 saturated heterocycles. The summed E-state index contributed by atoms with van der Waals surface area (Å²) < 4.78 is 9.32. The standard InChI is InChI=1S/C8H17N.Mo.HOPS2/c1-3-5-6-8-9-7-4-2;;1-2(3)4/h4,9H,2-3,5-8H2,1H3;;(H-,1,3,4)/p+1. The SMILES string of the molecule is C=CCNCCCCC.O=[P+](S)S.[Mo]. The maximum atomic E-state index is 9.32. The topological polar surface area (TPSA) is 29.1 Å². The summed E-state index contributed by atoms with van der Waals surface area (Å²) in [5.41, 5.74) is 0. The maximum Gasteiger partial charge on any atom is 0.477 e. The first-order valence-corrected chi connectivity index (χ1v) is 7.88. The Bertz CT molecular complexity index is 135. The van der Waals surface area contributed by atoms with Crippen LogP contribution in [0.5, 0.6) is 0 Å². The minimum absolute atomic E-state index is 0. The monoisotopic (exact) mass is 338 g/mol. The van der Waals surface area contributed by atoms with Crippen molar-refractivity contribution in [1.82, 2.24) is 5.32 Å². The third-order valence-electron chi connectivity index (χ3n) is 1.25. The van der Waals surface area contributed by atoms with Gasteiger partial charge < -0.3 is 5.32 Å². The van der Waals surface area contributed by atoms with Gasteiger partial charge in [-0.3, -0.25) is 0 Å². The van der Waals surface area contributed by atoms with Crippen LogP contribution in [0.4, 0.5) is 0 Å². The molecular formula is C8H19MoNOPS2+. The third-order valence-corrected chi connectivity index (χ3v) is 1.25. The Morgan fingerprint density at radius 3 is 2.29 bits per heavy atom. The van der Waals surface area contributed by atoms with Crippen molar-refractivity contribution in [2.45, 2.75) is 26.2 Å². The van der Waals surface area contributed by atoms with Crippen molar-refractivity contribution in [2.75, 3.05) is 13.1 Å². The van der Waals surface area contributed by atoms with Crippen LogP contribution in [0.2, 0.25) is 0 Å². The first-order chi connectivity index (χ1) is 6.15. The average molecular weight is 336 g/mol. The summed E-state index contributed by atoms with van der Waals surface area (Å²) >= 11 is 6.68. The van der Waals surface area contributed by atoms with Crippen molar-refractivity contribution in [3.63, 3.8) is 0 Å². The van der Waals surface area contributed by atoms with Gasteiger partial charge in [-0.05, 0) is 17.5 Å². The molecule has 0 rings (SSSR count). The molecule has 0 aliphatic carbocycles. The summed E-state index contributed by atoms with van der Waals surface area (Å²) in [5, 5.41) is 3.25. The molecule has 0 aromatic carbocycles. The van der Waals surface area contributed by atoms with E-state index in [-0.39, 0.29) is 21.1 Å². The van der Waals surface area contributed by atoms with E-state index in [1.165, 1.54) is 19.3 Å². The Balaban J connectivity index is -0.000000209. The van der Waals surface area contributed by atoms with Crippen LogP contribution < -0.4 is 5.32 Å². The fourth-order valence-electron chi connectivity index (χ4n) is 0.704. The molecule has 0 bridgehead atoms. The van der Waals surface area contributed by atoms with Crippen LogP contribution in [0.15, 0.2) is 12.7 Å². The predicted octanol–water partition coefficient (Wildman–Crippen LogP) is 3.45. The van der Waals surface area contributed by atoms with Gasteiger partial charge in [0, 0.05) is 27.6 Å². The van der Waals surface area contributed by atoms with Crippen molar-refractivity contribution in [3.05, 3.63) is 12.7 Å². The van der Waals surface area contributed by atoms with Crippen molar-refractivity contribution >= 4 is 30.7 Å². The molecule has 0 saturated carbocycles. The van der Waals surface area contributed by atoms with E-state index in [2.05, 4.69) is 43.3 Å². The van der Waals surface area contributed by atoms with Gasteiger partial charge in [-0.15, -0.1) is 6.58 Å². The summed E-state index contributed by atoms with van der Waals surface area (Å²) in [5.74, 6) is 0. The molecule has 14 heavy (non-hydrogen) atoms. The summed E-state index contributed by atoms with van der Waals surface area (Å²) in [6.07, 6.45) is 4.35. The van der Waals surface area contributed by atoms with E-state index in [4.69, 9.17) is 0 Å². The minimum Gasteiger partial charge on any atom is -0.313 e. The Labute approximate surface area is 113 Å². The van der Waals surface area contributed by atoms with Crippen LogP contribution in [-0.2, 0) is 25.6 Å². The molecule has 0 aromatic rings. The molecule has 0 radical (unpaired) electrons. The van der Waals surface area contributed by atoms with Crippen LogP contribution in [0, 0.1) is 0 Å². The van der Waals surface area contributed by atoms with Gasteiger partial charge in [0.15, 0.2) is 0 Å². The molecule has 0 aliphatic heterocycles. The largest absolute Gasteiger partial charge is 0.477 e. The second-order valence-electron chi connectivity index (χ2n) is 2.45. The number of rotatable bonds is 6. The predicted molar refractivity (Wildman–Crippen MR) is 68.2 cm³/mol. The van der Waals surface area contributed by atoms with Crippen LogP contribution in [0.3, 0.4) is 0 Å². The molecule has 0 unspecified atom stereocenters. The van der Waals surface area contributed by atoms with Crippen LogP contribution in [-0.4, -0.2) is 13.1 Å². The quantitative estimate of drug-likeness (QED) is 0.228. The van der Waals surface area contributed by atoms with Gasteiger partial charge in [-0.25, -0.2) is 0 Å². The molecule has 6 heteroatoms. The smallest absolute Gasteiger partial charge is 0.313 e. The van der Waals surface area contributed by atoms with E-state index in [0.717, 1.165) is 13.1 Å². The van der Waals surface area contributed by atoms with E-state index in [1.54, 1.807) is 0 Å². The second-order valence-corrected chi connectivity index (χ2v) is 6.08.